The van der Waals surface area contributed by atoms with E-state index in [4.69, 9.17) is 9.15 Å². The first-order valence-corrected chi connectivity index (χ1v) is 9.92. The minimum Gasteiger partial charge on any atom is -0.467 e. The summed E-state index contributed by atoms with van der Waals surface area (Å²) in [5.41, 5.74) is 3.57. The Morgan fingerprint density at radius 2 is 1.48 bits per heavy atom. The molecule has 0 spiro atoms. The normalized spacial score (nSPS) is 10.5. The summed E-state index contributed by atoms with van der Waals surface area (Å²) < 4.78 is 10.6. The highest BCUT2D eigenvalue weighted by atomic mass is 16.5. The van der Waals surface area contributed by atoms with E-state index in [1.54, 1.807) is 42.7 Å². The Labute approximate surface area is 180 Å². The van der Waals surface area contributed by atoms with Gasteiger partial charge in [-0.25, -0.2) is 4.79 Å². The molecule has 5 heteroatoms. The fourth-order valence-corrected chi connectivity index (χ4v) is 3.18. The zero-order chi connectivity index (χ0) is 21.5. The fourth-order valence-electron chi connectivity index (χ4n) is 3.18. The second-order valence-electron chi connectivity index (χ2n) is 6.92. The van der Waals surface area contributed by atoms with Crippen LogP contribution in [0.15, 0.2) is 102 Å². The fraction of sp³-hybridized carbons (Fsp3) is 0.0769. The van der Waals surface area contributed by atoms with Gasteiger partial charge in [0.2, 0.25) is 0 Å². The van der Waals surface area contributed by atoms with E-state index < -0.39 is 5.97 Å². The molecular weight excluding hydrogens is 390 g/mol. The lowest BCUT2D eigenvalue weighted by atomic mass is 10.0. The molecule has 0 aliphatic heterocycles. The van der Waals surface area contributed by atoms with E-state index >= 15 is 0 Å². The van der Waals surface area contributed by atoms with Gasteiger partial charge in [-0.3, -0.25) is 4.79 Å². The minimum atomic E-state index is -0.559. The van der Waals surface area contributed by atoms with Crippen LogP contribution in [-0.4, -0.2) is 18.4 Å². The number of hydrogen-bond acceptors (Lipinski definition) is 5. The van der Waals surface area contributed by atoms with Gasteiger partial charge in [0, 0.05) is 11.3 Å². The lowest BCUT2D eigenvalue weighted by Gasteiger charge is -2.11. The molecule has 5 nitrogen and oxygen atoms in total. The highest BCUT2D eigenvalue weighted by molar-refractivity contribution is 6.01. The third-order valence-corrected chi connectivity index (χ3v) is 4.83. The zero-order valence-electron chi connectivity index (χ0n) is 16.8. The van der Waals surface area contributed by atoms with Gasteiger partial charge in [-0.15, -0.1) is 0 Å². The number of anilines is 1. The number of benzene rings is 3. The lowest BCUT2D eigenvalue weighted by Crippen LogP contribution is -2.15. The Balaban J connectivity index is 1.37. The number of rotatable bonds is 8. The Morgan fingerprint density at radius 1 is 0.774 bits per heavy atom. The monoisotopic (exact) mass is 411 g/mol. The van der Waals surface area contributed by atoms with Crippen LogP contribution in [0.5, 0.6) is 0 Å². The van der Waals surface area contributed by atoms with E-state index in [2.05, 4.69) is 5.32 Å². The van der Waals surface area contributed by atoms with Crippen LogP contribution in [0.1, 0.15) is 26.5 Å². The number of nitrogens with one attached hydrogen (secondary N) is 1. The van der Waals surface area contributed by atoms with Gasteiger partial charge in [0.15, 0.2) is 12.4 Å². The molecule has 0 atom stereocenters. The van der Waals surface area contributed by atoms with E-state index in [1.165, 1.54) is 0 Å². The van der Waals surface area contributed by atoms with Crippen LogP contribution >= 0.6 is 0 Å². The predicted molar refractivity (Wildman–Crippen MR) is 119 cm³/mol. The molecule has 0 amide bonds. The molecule has 0 fully saturated rings. The molecule has 0 aliphatic rings. The van der Waals surface area contributed by atoms with Gasteiger partial charge in [-0.05, 0) is 35.4 Å². The predicted octanol–water partition coefficient (Wildman–Crippen LogP) is 5.60. The third-order valence-electron chi connectivity index (χ3n) is 4.83. The zero-order valence-corrected chi connectivity index (χ0v) is 16.8. The number of furan rings is 1. The number of Topliss-reactive ketones (excluding diaryl/α,β-unsaturated/α-hetero) is 1. The van der Waals surface area contributed by atoms with Crippen LogP contribution in [-0.2, 0) is 11.3 Å². The Morgan fingerprint density at radius 3 is 2.23 bits per heavy atom. The average molecular weight is 411 g/mol. The number of ether oxygens (including phenoxy) is 1. The molecule has 154 valence electrons. The van der Waals surface area contributed by atoms with Crippen molar-refractivity contribution in [3.8, 4) is 11.1 Å². The van der Waals surface area contributed by atoms with Crippen LogP contribution in [0.2, 0.25) is 0 Å². The summed E-state index contributed by atoms with van der Waals surface area (Å²) in [7, 11) is 0. The van der Waals surface area contributed by atoms with Gasteiger partial charge >= 0.3 is 5.97 Å². The first-order valence-electron chi connectivity index (χ1n) is 9.92. The molecule has 0 aliphatic carbocycles. The Hall–Kier alpha value is -4.12. The largest absolute Gasteiger partial charge is 0.467 e. The van der Waals surface area contributed by atoms with Crippen molar-refractivity contribution in [2.75, 3.05) is 11.9 Å². The number of hydrogen-bond donors (Lipinski definition) is 1. The third kappa shape index (κ3) is 5.08. The molecule has 0 bridgehead atoms. The number of esters is 1. The first-order chi connectivity index (χ1) is 15.2. The topological polar surface area (TPSA) is 68.5 Å². The van der Waals surface area contributed by atoms with Gasteiger partial charge in [0.1, 0.15) is 5.76 Å². The van der Waals surface area contributed by atoms with E-state index in [0.717, 1.165) is 16.9 Å². The van der Waals surface area contributed by atoms with Crippen LogP contribution < -0.4 is 5.32 Å². The Bertz CT molecular complexity index is 1150. The summed E-state index contributed by atoms with van der Waals surface area (Å²) in [6.07, 6.45) is 1.59. The van der Waals surface area contributed by atoms with Gasteiger partial charge in [0.25, 0.3) is 0 Å². The second kappa shape index (κ2) is 9.59. The van der Waals surface area contributed by atoms with Crippen molar-refractivity contribution >= 4 is 17.4 Å². The Kier molecular flexibility index (Phi) is 6.24. The van der Waals surface area contributed by atoms with Crippen molar-refractivity contribution in [1.29, 1.82) is 0 Å². The van der Waals surface area contributed by atoms with E-state index in [0.29, 0.717) is 23.4 Å². The molecule has 1 heterocycles. The van der Waals surface area contributed by atoms with Gasteiger partial charge in [0.05, 0.1) is 18.4 Å². The van der Waals surface area contributed by atoms with Gasteiger partial charge < -0.3 is 14.5 Å². The second-order valence-corrected chi connectivity index (χ2v) is 6.92. The van der Waals surface area contributed by atoms with Gasteiger partial charge in [-0.2, -0.15) is 0 Å². The molecule has 0 saturated carbocycles. The number of carbonyl (C=O) groups is 2. The van der Waals surface area contributed by atoms with Gasteiger partial charge in [-0.1, -0.05) is 66.7 Å². The van der Waals surface area contributed by atoms with Crippen LogP contribution in [0.25, 0.3) is 11.1 Å². The van der Waals surface area contributed by atoms with Crippen LogP contribution in [0.3, 0.4) is 0 Å². The molecule has 0 radical (unpaired) electrons. The molecule has 1 N–H and O–H groups in total. The maximum atomic E-state index is 12.6. The summed E-state index contributed by atoms with van der Waals surface area (Å²) >= 11 is 0. The maximum Gasteiger partial charge on any atom is 0.340 e. The standard InChI is InChI=1S/C26H21NO4/c28-25(21-14-12-20(13-15-21)19-7-2-1-3-8-19)18-31-26(29)23-10-4-5-11-24(23)27-17-22-9-6-16-30-22/h1-16,27H,17-18H2. The number of ketones is 1. The number of para-hydroxylation sites is 1. The highest BCUT2D eigenvalue weighted by Gasteiger charge is 2.15. The molecule has 0 saturated heterocycles. The molecule has 31 heavy (non-hydrogen) atoms. The minimum absolute atomic E-state index is 0.256. The molecule has 0 unspecified atom stereocenters. The summed E-state index contributed by atoms with van der Waals surface area (Å²) in [4.78, 5) is 25.1. The van der Waals surface area contributed by atoms with E-state index in [1.807, 2.05) is 54.6 Å². The summed E-state index contributed by atoms with van der Waals surface area (Å²) in [5, 5.41) is 3.16. The molecule has 4 aromatic rings. The van der Waals surface area contributed by atoms with Crippen molar-refractivity contribution in [1.82, 2.24) is 0 Å². The molecule has 4 rings (SSSR count). The van der Waals surface area contributed by atoms with E-state index in [9.17, 15) is 9.59 Å². The van der Waals surface area contributed by atoms with Crippen LogP contribution in [0.4, 0.5) is 5.69 Å². The maximum absolute atomic E-state index is 12.6. The summed E-state index contributed by atoms with van der Waals surface area (Å²) in [5.74, 6) is -0.0666. The summed E-state index contributed by atoms with van der Waals surface area (Å²) in [6.45, 7) is 0.111. The van der Waals surface area contributed by atoms with Crippen molar-refractivity contribution in [2.24, 2.45) is 0 Å². The van der Waals surface area contributed by atoms with Crippen LogP contribution in [0, 0.1) is 0 Å². The summed E-state index contributed by atoms with van der Waals surface area (Å²) in [6, 6.07) is 27.8. The SMILES string of the molecule is O=C(COC(=O)c1ccccc1NCc1ccco1)c1ccc(-c2ccccc2)cc1. The molecule has 1 aromatic heterocycles. The van der Waals surface area contributed by atoms with Crippen molar-refractivity contribution < 1.29 is 18.7 Å². The highest BCUT2D eigenvalue weighted by Crippen LogP contribution is 2.20. The van der Waals surface area contributed by atoms with Crippen molar-refractivity contribution in [3.05, 3.63) is 114 Å². The van der Waals surface area contributed by atoms with E-state index in [-0.39, 0.29) is 12.4 Å². The smallest absolute Gasteiger partial charge is 0.340 e. The average Bonchev–Trinajstić information content (AvgIpc) is 3.35. The van der Waals surface area contributed by atoms with Crippen molar-refractivity contribution in [2.45, 2.75) is 6.54 Å². The van der Waals surface area contributed by atoms with Crippen molar-refractivity contribution in [3.63, 3.8) is 0 Å². The first kappa shape index (κ1) is 20.2. The number of carbonyl (C=O) groups excluding carboxylic acids is 2. The lowest BCUT2D eigenvalue weighted by molar-refractivity contribution is 0.0475. The molecular formula is C26H21NO4. The molecule has 3 aromatic carbocycles. The quantitative estimate of drug-likeness (QED) is 0.302.